The standard InChI is InChI=1S/C65H41NO2/c1-4-17-42(18-5-1)44-31-34-48(35-32-44)66(49-36-33-43-19-10-11-20-45(43)39-49)50-37-38-51-55-41-60-62(53-26-13-15-30-58(53)67-60)63(64(55)68-59(51)40-50)54-27-16-29-57-61(54)52-25-12-14-28-56(52)65(57,46-21-6-2-7-22-46)47-23-8-3-9-24-47/h1-41H. The third-order valence-corrected chi connectivity index (χ3v) is 14.3. The maximum absolute atomic E-state index is 7.37. The van der Waals surface area contributed by atoms with Crippen LogP contribution in [0.3, 0.4) is 0 Å². The Bertz CT molecular complexity index is 4030. The first-order valence-corrected chi connectivity index (χ1v) is 23.3. The van der Waals surface area contributed by atoms with Gasteiger partial charge >= 0.3 is 0 Å². The molecule has 11 aromatic carbocycles. The minimum Gasteiger partial charge on any atom is -0.456 e. The molecule has 1 aliphatic rings. The highest BCUT2D eigenvalue weighted by molar-refractivity contribution is 6.25. The highest BCUT2D eigenvalue weighted by atomic mass is 16.3. The highest BCUT2D eigenvalue weighted by Gasteiger charge is 2.47. The van der Waals surface area contributed by atoms with Crippen LogP contribution in [0.1, 0.15) is 22.3 Å². The Morgan fingerprint density at radius 1 is 0.324 bits per heavy atom. The normalized spacial score (nSPS) is 12.8. The van der Waals surface area contributed by atoms with Crippen molar-refractivity contribution in [3.05, 3.63) is 271 Å². The number of rotatable bonds is 7. The van der Waals surface area contributed by atoms with Gasteiger partial charge in [0.2, 0.25) is 0 Å². The molecule has 2 aromatic heterocycles. The van der Waals surface area contributed by atoms with E-state index in [1.165, 1.54) is 55.3 Å². The zero-order valence-corrected chi connectivity index (χ0v) is 36.9. The van der Waals surface area contributed by atoms with E-state index in [1.807, 2.05) is 6.07 Å². The van der Waals surface area contributed by atoms with Crippen LogP contribution in [0.2, 0.25) is 0 Å². The lowest BCUT2D eigenvalue weighted by Crippen LogP contribution is -2.28. The Kier molecular flexibility index (Phi) is 8.50. The van der Waals surface area contributed by atoms with E-state index >= 15 is 0 Å². The molecule has 13 aromatic rings. The fraction of sp³-hybridized carbons (Fsp3) is 0.0154. The van der Waals surface area contributed by atoms with Gasteiger partial charge in [0.15, 0.2) is 0 Å². The predicted octanol–water partition coefficient (Wildman–Crippen LogP) is 17.8. The maximum atomic E-state index is 7.37. The summed E-state index contributed by atoms with van der Waals surface area (Å²) in [4.78, 5) is 2.34. The summed E-state index contributed by atoms with van der Waals surface area (Å²) in [7, 11) is 0. The Hall–Kier alpha value is -8.92. The number of anilines is 3. The molecule has 0 fully saturated rings. The van der Waals surface area contributed by atoms with Crippen molar-refractivity contribution >= 4 is 71.7 Å². The zero-order chi connectivity index (χ0) is 44.8. The third kappa shape index (κ3) is 5.66. The molecule has 0 amide bonds. The number of benzene rings is 11. The van der Waals surface area contributed by atoms with Gasteiger partial charge < -0.3 is 13.7 Å². The van der Waals surface area contributed by atoms with Crippen LogP contribution in [-0.2, 0) is 5.41 Å². The number of fused-ring (bicyclic) bond motifs is 10. The Balaban J connectivity index is 1.03. The van der Waals surface area contributed by atoms with Crippen molar-refractivity contribution < 1.29 is 8.83 Å². The molecule has 0 aliphatic heterocycles. The maximum Gasteiger partial charge on any atom is 0.144 e. The van der Waals surface area contributed by atoms with Gasteiger partial charge in [-0.25, -0.2) is 0 Å². The second kappa shape index (κ2) is 15.1. The van der Waals surface area contributed by atoms with Crippen LogP contribution >= 0.6 is 0 Å². The number of para-hydroxylation sites is 1. The molecule has 0 unspecified atom stereocenters. The van der Waals surface area contributed by atoms with E-state index in [0.717, 1.165) is 72.1 Å². The Morgan fingerprint density at radius 2 is 0.926 bits per heavy atom. The van der Waals surface area contributed by atoms with Gasteiger partial charge in [-0.1, -0.05) is 194 Å². The molecule has 68 heavy (non-hydrogen) atoms. The zero-order valence-electron chi connectivity index (χ0n) is 36.9. The molecule has 0 radical (unpaired) electrons. The van der Waals surface area contributed by atoms with E-state index in [9.17, 15) is 0 Å². The van der Waals surface area contributed by atoms with Crippen LogP contribution in [0, 0.1) is 0 Å². The number of nitrogens with zero attached hydrogens (tertiary/aromatic N) is 1. The largest absolute Gasteiger partial charge is 0.456 e. The second-order valence-corrected chi connectivity index (χ2v) is 17.9. The van der Waals surface area contributed by atoms with Crippen molar-refractivity contribution in [1.29, 1.82) is 0 Å². The van der Waals surface area contributed by atoms with E-state index in [2.05, 4.69) is 248 Å². The molecule has 1 aliphatic carbocycles. The summed E-state index contributed by atoms with van der Waals surface area (Å²) in [6, 6.07) is 89.7. The first-order valence-electron chi connectivity index (χ1n) is 23.3. The van der Waals surface area contributed by atoms with Crippen molar-refractivity contribution in [1.82, 2.24) is 0 Å². The average molecular weight is 868 g/mol. The van der Waals surface area contributed by atoms with E-state index in [0.29, 0.717) is 0 Å². The topological polar surface area (TPSA) is 29.5 Å². The summed E-state index contributed by atoms with van der Waals surface area (Å²) < 4.78 is 14.2. The minimum absolute atomic E-state index is 0.551. The van der Waals surface area contributed by atoms with Gasteiger partial charge in [0.1, 0.15) is 22.3 Å². The summed E-state index contributed by atoms with van der Waals surface area (Å²) in [6.07, 6.45) is 0. The first-order chi connectivity index (χ1) is 33.7. The van der Waals surface area contributed by atoms with Crippen LogP contribution in [0.25, 0.3) is 88.0 Å². The molecule has 2 heterocycles. The highest BCUT2D eigenvalue weighted by Crippen LogP contribution is 2.59. The molecule has 318 valence electrons. The summed E-state index contributed by atoms with van der Waals surface area (Å²) >= 11 is 0. The van der Waals surface area contributed by atoms with Gasteiger partial charge in [-0.2, -0.15) is 0 Å². The molecule has 3 nitrogen and oxygen atoms in total. The van der Waals surface area contributed by atoms with Crippen molar-refractivity contribution in [3.63, 3.8) is 0 Å². The van der Waals surface area contributed by atoms with Crippen molar-refractivity contribution in [2.45, 2.75) is 5.41 Å². The van der Waals surface area contributed by atoms with Gasteiger partial charge in [-0.15, -0.1) is 0 Å². The number of hydrogen-bond acceptors (Lipinski definition) is 3. The fourth-order valence-electron chi connectivity index (χ4n) is 11.4. The van der Waals surface area contributed by atoms with Gasteiger partial charge in [-0.05, 0) is 109 Å². The molecule has 0 spiro atoms. The molecule has 0 saturated carbocycles. The van der Waals surface area contributed by atoms with Crippen LogP contribution in [0.15, 0.2) is 258 Å². The van der Waals surface area contributed by atoms with Crippen LogP contribution in [0.5, 0.6) is 0 Å². The van der Waals surface area contributed by atoms with Gasteiger partial charge in [0.05, 0.1) is 5.41 Å². The summed E-state index contributed by atoms with van der Waals surface area (Å²) in [5.74, 6) is 0. The van der Waals surface area contributed by atoms with Gasteiger partial charge in [0, 0.05) is 50.2 Å². The predicted molar refractivity (Wildman–Crippen MR) is 281 cm³/mol. The monoisotopic (exact) mass is 867 g/mol. The van der Waals surface area contributed by atoms with Crippen molar-refractivity contribution in [3.8, 4) is 33.4 Å². The van der Waals surface area contributed by atoms with Crippen molar-refractivity contribution in [2.75, 3.05) is 4.90 Å². The molecule has 0 saturated heterocycles. The SMILES string of the molecule is c1ccc(-c2ccc(N(c3ccc4ccccc4c3)c3ccc4c(c3)oc3c(-c5cccc6c5-c5ccccc5C6(c5ccccc5)c5ccccc5)c5c(cc34)oc3ccccc35)cc2)cc1. The van der Waals surface area contributed by atoms with E-state index < -0.39 is 5.41 Å². The summed E-state index contributed by atoms with van der Waals surface area (Å²) in [6.45, 7) is 0. The molecule has 3 heteroatoms. The smallest absolute Gasteiger partial charge is 0.144 e. The Morgan fingerprint density at radius 3 is 1.72 bits per heavy atom. The molecular weight excluding hydrogens is 827 g/mol. The van der Waals surface area contributed by atoms with Crippen LogP contribution in [-0.4, -0.2) is 0 Å². The summed E-state index contributed by atoms with van der Waals surface area (Å²) in [5.41, 5.74) is 17.8. The van der Waals surface area contributed by atoms with Crippen LogP contribution in [0.4, 0.5) is 17.1 Å². The third-order valence-electron chi connectivity index (χ3n) is 14.3. The Labute approximate surface area is 393 Å². The van der Waals surface area contributed by atoms with Crippen LogP contribution < -0.4 is 4.90 Å². The lowest BCUT2D eigenvalue weighted by molar-refractivity contribution is 0.664. The second-order valence-electron chi connectivity index (χ2n) is 17.9. The molecule has 0 N–H and O–H groups in total. The van der Waals surface area contributed by atoms with E-state index in [4.69, 9.17) is 8.83 Å². The quantitative estimate of drug-likeness (QED) is 0.160. The first kappa shape index (κ1) is 38.4. The molecule has 14 rings (SSSR count). The molecule has 0 atom stereocenters. The molecular formula is C65H41NO2. The lowest BCUT2D eigenvalue weighted by Gasteiger charge is -2.34. The number of hydrogen-bond donors (Lipinski definition) is 0. The van der Waals surface area contributed by atoms with E-state index in [1.54, 1.807) is 0 Å². The lowest BCUT2D eigenvalue weighted by atomic mass is 9.67. The number of furan rings is 2. The fourth-order valence-corrected chi connectivity index (χ4v) is 11.4. The summed E-state index contributed by atoms with van der Waals surface area (Å²) in [5, 5.41) is 6.53. The van der Waals surface area contributed by atoms with Gasteiger partial charge in [0.25, 0.3) is 0 Å². The average Bonchev–Trinajstić information content (AvgIpc) is 4.07. The van der Waals surface area contributed by atoms with Gasteiger partial charge in [-0.3, -0.25) is 0 Å². The van der Waals surface area contributed by atoms with E-state index in [-0.39, 0.29) is 0 Å². The molecule has 0 bridgehead atoms. The minimum atomic E-state index is -0.551. The van der Waals surface area contributed by atoms with Crippen molar-refractivity contribution in [2.24, 2.45) is 0 Å².